The first kappa shape index (κ1) is 30.3. The highest BCUT2D eigenvalue weighted by molar-refractivity contribution is 5.76. The van der Waals surface area contributed by atoms with Crippen LogP contribution in [0.1, 0.15) is 13.3 Å². The Kier molecular flexibility index (Phi) is 11.9. The third-order valence-corrected chi connectivity index (χ3v) is 6.39. The average molecular weight is 525 g/mol. The Hall–Kier alpha value is -1.91. The van der Waals surface area contributed by atoms with E-state index in [0.29, 0.717) is 6.42 Å². The fraction of sp³-hybridized carbons (Fsp3) is 0.864. The third kappa shape index (κ3) is 6.89. The van der Waals surface area contributed by atoms with E-state index in [2.05, 4.69) is 0 Å². The van der Waals surface area contributed by atoms with Crippen LogP contribution in [0.3, 0.4) is 0 Å². The third-order valence-electron chi connectivity index (χ3n) is 6.39. The molecule has 4 N–H and O–H groups in total. The highest BCUT2D eigenvalue weighted by Gasteiger charge is 2.51. The Balaban J connectivity index is 2.16. The summed E-state index contributed by atoms with van der Waals surface area (Å²) >= 11 is 0. The van der Waals surface area contributed by atoms with Crippen molar-refractivity contribution < 1.29 is 68.0 Å². The van der Waals surface area contributed by atoms with Gasteiger partial charge < -0.3 is 53.6 Å². The van der Waals surface area contributed by atoms with Crippen LogP contribution in [-0.2, 0) is 47.5 Å². The highest BCUT2D eigenvalue weighted by Crippen LogP contribution is 2.32. The van der Waals surface area contributed by atoms with Gasteiger partial charge in [-0.15, -0.1) is 0 Å². The summed E-state index contributed by atoms with van der Waals surface area (Å²) < 4.78 is 36.6. The Morgan fingerprint density at radius 1 is 0.778 bits per heavy atom. The van der Waals surface area contributed by atoms with Crippen molar-refractivity contribution in [2.45, 2.75) is 62.2 Å². The minimum absolute atomic E-state index is 0.144. The van der Waals surface area contributed by atoms with Crippen LogP contribution in [-0.4, -0.2) is 135 Å². The Bertz CT molecular complexity index is 732. The van der Waals surface area contributed by atoms with E-state index in [1.807, 2.05) is 0 Å². The van der Waals surface area contributed by atoms with Gasteiger partial charge in [0.2, 0.25) is 0 Å². The van der Waals surface area contributed by atoms with Crippen molar-refractivity contribution in [3.05, 3.63) is 0 Å². The van der Waals surface area contributed by atoms with E-state index in [9.17, 15) is 29.7 Å². The first-order chi connectivity index (χ1) is 17.1. The lowest BCUT2D eigenvalue weighted by molar-refractivity contribution is -0.243. The second-order valence-corrected chi connectivity index (χ2v) is 8.55. The fourth-order valence-corrected chi connectivity index (χ4v) is 4.46. The van der Waals surface area contributed by atoms with Gasteiger partial charge in [-0.25, -0.2) is 14.4 Å². The van der Waals surface area contributed by atoms with Crippen molar-refractivity contribution in [3.8, 4) is 0 Å². The van der Waals surface area contributed by atoms with Crippen molar-refractivity contribution in [3.63, 3.8) is 0 Å². The van der Waals surface area contributed by atoms with Gasteiger partial charge in [-0.3, -0.25) is 0 Å². The van der Waals surface area contributed by atoms with E-state index < -0.39 is 85.2 Å². The lowest BCUT2D eigenvalue weighted by Crippen LogP contribution is -2.61. The number of methoxy groups -OCH3 is 3. The second kappa shape index (κ2) is 14.1. The molecule has 2 aliphatic heterocycles. The molecule has 0 amide bonds. The number of rotatable bonds is 11. The molecular formula is C22H36O14. The van der Waals surface area contributed by atoms with E-state index in [0.717, 1.165) is 7.11 Å². The van der Waals surface area contributed by atoms with Crippen LogP contribution in [0.15, 0.2) is 0 Å². The van der Waals surface area contributed by atoms with Crippen LogP contribution in [0.5, 0.6) is 0 Å². The molecule has 36 heavy (non-hydrogen) atoms. The first-order valence-electron chi connectivity index (χ1n) is 11.5. The molecule has 0 aromatic rings. The largest absolute Gasteiger partial charge is 0.467 e. The Labute approximate surface area is 208 Å². The van der Waals surface area contributed by atoms with Gasteiger partial charge in [0.15, 0.2) is 18.3 Å². The number of ether oxygens (including phenoxy) is 7. The van der Waals surface area contributed by atoms with Crippen LogP contribution in [0.25, 0.3) is 0 Å². The van der Waals surface area contributed by atoms with Gasteiger partial charge in [0.1, 0.15) is 31.0 Å². The zero-order valence-corrected chi connectivity index (χ0v) is 20.7. The lowest BCUT2D eigenvalue weighted by atomic mass is 9.84. The van der Waals surface area contributed by atoms with Crippen molar-refractivity contribution in [2.24, 2.45) is 11.8 Å². The molecule has 2 aliphatic rings. The maximum atomic E-state index is 12.4. The molecule has 14 heteroatoms. The summed E-state index contributed by atoms with van der Waals surface area (Å²) in [6, 6.07) is 0. The number of carbonyl (C=O) groups excluding carboxylic acids is 3. The SMILES string of the molecule is CCC1C(C(=O)OC)O[C@@H](COCC2C(C(=O)OC)O[C@H](COC)C(OC(=O)CO)[C@@H]2O)C(O)[C@@H]1O. The molecule has 0 aliphatic carbocycles. The maximum absolute atomic E-state index is 12.4. The summed E-state index contributed by atoms with van der Waals surface area (Å²) in [6.45, 7) is -0.0393. The molecule has 0 saturated carbocycles. The predicted molar refractivity (Wildman–Crippen MR) is 116 cm³/mol. The summed E-state index contributed by atoms with van der Waals surface area (Å²) in [7, 11) is 3.65. The summed E-state index contributed by atoms with van der Waals surface area (Å²) in [5, 5.41) is 41.0. The molecule has 208 valence electrons. The van der Waals surface area contributed by atoms with Crippen LogP contribution < -0.4 is 0 Å². The lowest BCUT2D eigenvalue weighted by Gasteiger charge is -2.43. The van der Waals surface area contributed by atoms with Gasteiger partial charge in [0.05, 0.1) is 40.1 Å². The van der Waals surface area contributed by atoms with Crippen LogP contribution >= 0.6 is 0 Å². The van der Waals surface area contributed by atoms with E-state index >= 15 is 0 Å². The zero-order chi connectivity index (χ0) is 27.0. The topological polar surface area (TPSA) is 197 Å². The molecule has 14 nitrogen and oxygen atoms in total. The van der Waals surface area contributed by atoms with Crippen LogP contribution in [0, 0.1) is 11.8 Å². The molecule has 2 fully saturated rings. The summed E-state index contributed by atoms with van der Waals surface area (Å²) in [5.74, 6) is -4.35. The molecular weight excluding hydrogens is 488 g/mol. The normalized spacial score (nSPS) is 36.7. The Morgan fingerprint density at radius 2 is 1.36 bits per heavy atom. The molecule has 0 radical (unpaired) electrons. The molecule has 0 aromatic carbocycles. The quantitative estimate of drug-likeness (QED) is 0.159. The van der Waals surface area contributed by atoms with Crippen LogP contribution in [0.4, 0.5) is 0 Å². The summed E-state index contributed by atoms with van der Waals surface area (Å²) in [4.78, 5) is 36.2. The standard InChI is InChI=1S/C22H36O14/c1-5-10-15(25)17(27)12(34-18(10)21(28)31-3)9-33-7-11-16(26)20(36-14(24)6-23)13(8-30-2)35-19(11)22(29)32-4/h10-13,15-20,23,25-27H,5-9H2,1-4H3/t10?,11?,12-,13+,15+,16+,17?,18?,19?,20?/m0/s1. The van der Waals surface area contributed by atoms with Crippen molar-refractivity contribution in [2.75, 3.05) is 47.8 Å². The monoisotopic (exact) mass is 524 g/mol. The van der Waals surface area contributed by atoms with Gasteiger partial charge in [0, 0.05) is 18.9 Å². The van der Waals surface area contributed by atoms with Crippen molar-refractivity contribution in [1.29, 1.82) is 0 Å². The van der Waals surface area contributed by atoms with E-state index in [4.69, 9.17) is 38.3 Å². The number of aliphatic hydroxyl groups is 4. The number of esters is 3. The molecule has 0 spiro atoms. The van der Waals surface area contributed by atoms with Gasteiger partial charge in [-0.2, -0.15) is 0 Å². The van der Waals surface area contributed by atoms with Gasteiger partial charge in [-0.1, -0.05) is 6.92 Å². The number of aliphatic hydroxyl groups excluding tert-OH is 4. The molecule has 2 heterocycles. The zero-order valence-electron chi connectivity index (χ0n) is 20.7. The summed E-state index contributed by atoms with van der Waals surface area (Å²) in [5.41, 5.74) is 0. The molecule has 6 unspecified atom stereocenters. The van der Waals surface area contributed by atoms with Crippen LogP contribution in [0.2, 0.25) is 0 Å². The second-order valence-electron chi connectivity index (χ2n) is 8.55. The summed E-state index contributed by atoms with van der Waals surface area (Å²) in [6.07, 6.45) is -9.76. The number of hydrogen-bond donors (Lipinski definition) is 4. The van der Waals surface area contributed by atoms with E-state index in [1.54, 1.807) is 6.92 Å². The molecule has 0 bridgehead atoms. The minimum Gasteiger partial charge on any atom is -0.467 e. The Morgan fingerprint density at radius 3 is 1.89 bits per heavy atom. The molecule has 2 saturated heterocycles. The number of hydrogen-bond acceptors (Lipinski definition) is 14. The smallest absolute Gasteiger partial charge is 0.335 e. The molecule has 2 rings (SSSR count). The van der Waals surface area contributed by atoms with E-state index in [-0.39, 0.29) is 19.8 Å². The highest BCUT2D eigenvalue weighted by atomic mass is 16.6. The fourth-order valence-electron chi connectivity index (χ4n) is 4.46. The number of carbonyl (C=O) groups is 3. The predicted octanol–water partition coefficient (Wildman–Crippen LogP) is -2.84. The first-order valence-corrected chi connectivity index (χ1v) is 11.5. The average Bonchev–Trinajstić information content (AvgIpc) is 2.88. The van der Waals surface area contributed by atoms with Crippen molar-refractivity contribution >= 4 is 17.9 Å². The van der Waals surface area contributed by atoms with Gasteiger partial charge in [0.25, 0.3) is 0 Å². The molecule has 10 atom stereocenters. The minimum atomic E-state index is -1.49. The maximum Gasteiger partial charge on any atom is 0.335 e. The molecule has 0 aromatic heterocycles. The van der Waals surface area contributed by atoms with Gasteiger partial charge in [-0.05, 0) is 6.42 Å². The van der Waals surface area contributed by atoms with E-state index in [1.165, 1.54) is 14.2 Å². The van der Waals surface area contributed by atoms with Crippen molar-refractivity contribution in [1.82, 2.24) is 0 Å². The van der Waals surface area contributed by atoms with Gasteiger partial charge >= 0.3 is 17.9 Å².